The summed E-state index contributed by atoms with van der Waals surface area (Å²) in [6, 6.07) is 6.16. The summed E-state index contributed by atoms with van der Waals surface area (Å²) in [6.07, 6.45) is 1.04. The van der Waals surface area contributed by atoms with E-state index < -0.39 is 0 Å². The van der Waals surface area contributed by atoms with E-state index in [0.717, 1.165) is 67.9 Å². The molecule has 0 aliphatic carbocycles. The van der Waals surface area contributed by atoms with E-state index in [1.54, 1.807) is 11.3 Å². The number of hydrogen-bond donors (Lipinski definition) is 1. The van der Waals surface area contributed by atoms with E-state index in [1.807, 2.05) is 40.2 Å². The minimum atomic E-state index is 0.0461. The SMILES string of the molecule is O=C(c1cc(-c2cccs2)[nH]n1)N1CCCSCC1CN1CCOCC1. The van der Waals surface area contributed by atoms with Gasteiger partial charge in [-0.25, -0.2) is 0 Å². The number of nitrogens with zero attached hydrogens (tertiary/aromatic N) is 3. The van der Waals surface area contributed by atoms with E-state index in [4.69, 9.17) is 4.74 Å². The van der Waals surface area contributed by atoms with Crippen molar-refractivity contribution >= 4 is 29.0 Å². The molecule has 2 saturated heterocycles. The second kappa shape index (κ2) is 8.56. The number of aromatic amines is 1. The minimum absolute atomic E-state index is 0.0461. The molecule has 2 aliphatic heterocycles. The molecule has 140 valence electrons. The summed E-state index contributed by atoms with van der Waals surface area (Å²) in [4.78, 5) is 18.8. The van der Waals surface area contributed by atoms with Crippen LogP contribution in [0.3, 0.4) is 0 Å². The average molecular weight is 393 g/mol. The number of thioether (sulfide) groups is 1. The molecule has 1 atom stereocenters. The summed E-state index contributed by atoms with van der Waals surface area (Å²) in [5.74, 6) is 2.15. The number of ether oxygens (including phenoxy) is 1. The highest BCUT2D eigenvalue weighted by Crippen LogP contribution is 2.25. The third-order valence-electron chi connectivity index (χ3n) is 4.86. The summed E-state index contributed by atoms with van der Waals surface area (Å²) in [7, 11) is 0. The number of nitrogens with one attached hydrogen (secondary N) is 1. The maximum Gasteiger partial charge on any atom is 0.274 e. The molecule has 2 aromatic rings. The fourth-order valence-electron chi connectivity index (χ4n) is 3.47. The van der Waals surface area contributed by atoms with Gasteiger partial charge in [-0.15, -0.1) is 11.3 Å². The number of thiophene rings is 1. The smallest absolute Gasteiger partial charge is 0.274 e. The van der Waals surface area contributed by atoms with Crippen molar-refractivity contribution in [3.8, 4) is 10.6 Å². The highest BCUT2D eigenvalue weighted by Gasteiger charge is 2.30. The van der Waals surface area contributed by atoms with Crippen LogP contribution < -0.4 is 0 Å². The van der Waals surface area contributed by atoms with Crippen LogP contribution in [0.4, 0.5) is 0 Å². The normalized spacial score (nSPS) is 22.3. The first kappa shape index (κ1) is 18.0. The van der Waals surface area contributed by atoms with Gasteiger partial charge in [0.1, 0.15) is 0 Å². The van der Waals surface area contributed by atoms with Crippen LogP contribution in [0.5, 0.6) is 0 Å². The molecule has 0 radical (unpaired) electrons. The number of morpholine rings is 1. The third kappa shape index (κ3) is 4.14. The number of carbonyl (C=O) groups is 1. The predicted octanol–water partition coefficient (Wildman–Crippen LogP) is 2.42. The Kier molecular flexibility index (Phi) is 5.94. The first-order chi connectivity index (χ1) is 12.8. The molecule has 8 heteroatoms. The lowest BCUT2D eigenvalue weighted by molar-refractivity contribution is 0.0244. The predicted molar refractivity (Wildman–Crippen MR) is 106 cm³/mol. The molecule has 0 aromatic carbocycles. The second-order valence-corrected chi connectivity index (χ2v) is 8.74. The van der Waals surface area contributed by atoms with Gasteiger partial charge in [0.15, 0.2) is 5.69 Å². The molecule has 1 unspecified atom stereocenters. The number of amides is 1. The van der Waals surface area contributed by atoms with Crippen molar-refractivity contribution in [1.29, 1.82) is 0 Å². The van der Waals surface area contributed by atoms with Crippen molar-refractivity contribution in [2.24, 2.45) is 0 Å². The van der Waals surface area contributed by atoms with Gasteiger partial charge in [0.25, 0.3) is 5.91 Å². The third-order valence-corrected chi connectivity index (χ3v) is 6.96. The number of rotatable bonds is 4. The van der Waals surface area contributed by atoms with Gasteiger partial charge in [-0.1, -0.05) is 6.07 Å². The summed E-state index contributed by atoms with van der Waals surface area (Å²) in [5, 5.41) is 9.36. The zero-order valence-corrected chi connectivity index (χ0v) is 16.4. The Hall–Kier alpha value is -1.35. The van der Waals surface area contributed by atoms with E-state index in [1.165, 1.54) is 0 Å². The standard InChI is InChI=1S/C18H24N4O2S2/c23-18(16-11-15(19-20-16)17-3-1-10-26-17)22-4-2-9-25-13-14(22)12-21-5-7-24-8-6-21/h1,3,10-11,14H,2,4-9,12-13H2,(H,19,20). The number of carbonyl (C=O) groups excluding carboxylic acids is 1. The zero-order valence-electron chi connectivity index (χ0n) is 14.7. The lowest BCUT2D eigenvalue weighted by Crippen LogP contribution is -2.50. The average Bonchev–Trinajstić information content (AvgIpc) is 3.31. The molecule has 0 spiro atoms. The molecule has 1 amide bonds. The molecular weight excluding hydrogens is 368 g/mol. The largest absolute Gasteiger partial charge is 0.379 e. The minimum Gasteiger partial charge on any atom is -0.379 e. The zero-order chi connectivity index (χ0) is 17.8. The summed E-state index contributed by atoms with van der Waals surface area (Å²) in [6.45, 7) is 5.21. The lowest BCUT2D eigenvalue weighted by atomic mass is 10.2. The molecular formula is C18H24N4O2S2. The molecule has 2 aliphatic rings. The number of hydrogen-bond acceptors (Lipinski definition) is 6. The molecule has 0 bridgehead atoms. The van der Waals surface area contributed by atoms with Crippen LogP contribution in [-0.4, -0.2) is 82.8 Å². The van der Waals surface area contributed by atoms with Crippen molar-refractivity contribution in [1.82, 2.24) is 20.0 Å². The molecule has 4 heterocycles. The monoisotopic (exact) mass is 392 g/mol. The topological polar surface area (TPSA) is 61.5 Å². The maximum absolute atomic E-state index is 13.2. The Balaban J connectivity index is 1.49. The van der Waals surface area contributed by atoms with Gasteiger partial charge >= 0.3 is 0 Å². The molecule has 1 N–H and O–H groups in total. The summed E-state index contributed by atoms with van der Waals surface area (Å²) in [5.41, 5.74) is 1.43. The van der Waals surface area contributed by atoms with E-state index in [0.29, 0.717) is 5.69 Å². The lowest BCUT2D eigenvalue weighted by Gasteiger charge is -2.35. The van der Waals surface area contributed by atoms with Crippen molar-refractivity contribution < 1.29 is 9.53 Å². The van der Waals surface area contributed by atoms with Crippen molar-refractivity contribution in [3.05, 3.63) is 29.3 Å². The fraction of sp³-hybridized carbons (Fsp3) is 0.556. The van der Waals surface area contributed by atoms with Crippen LogP contribution in [-0.2, 0) is 4.74 Å². The maximum atomic E-state index is 13.2. The Morgan fingerprint density at radius 3 is 3.04 bits per heavy atom. The van der Waals surface area contributed by atoms with Gasteiger partial charge in [0.2, 0.25) is 0 Å². The van der Waals surface area contributed by atoms with Crippen molar-refractivity contribution in [2.45, 2.75) is 12.5 Å². The first-order valence-electron chi connectivity index (χ1n) is 9.09. The van der Waals surface area contributed by atoms with Crippen LogP contribution in [0.25, 0.3) is 10.6 Å². The quantitative estimate of drug-likeness (QED) is 0.866. The molecule has 2 aromatic heterocycles. The number of H-pyrrole nitrogens is 1. The second-order valence-electron chi connectivity index (χ2n) is 6.64. The first-order valence-corrected chi connectivity index (χ1v) is 11.1. The molecule has 26 heavy (non-hydrogen) atoms. The van der Waals surface area contributed by atoms with Crippen LogP contribution in [0.1, 0.15) is 16.9 Å². The molecule has 0 saturated carbocycles. The van der Waals surface area contributed by atoms with Gasteiger partial charge in [-0.05, 0) is 29.7 Å². The highest BCUT2D eigenvalue weighted by atomic mass is 32.2. The van der Waals surface area contributed by atoms with Crippen molar-refractivity contribution in [3.63, 3.8) is 0 Å². The number of aromatic nitrogens is 2. The van der Waals surface area contributed by atoms with E-state index in [9.17, 15) is 4.79 Å². The van der Waals surface area contributed by atoms with Gasteiger partial charge in [-0.2, -0.15) is 16.9 Å². The molecule has 2 fully saturated rings. The Labute approximate surface area is 161 Å². The van der Waals surface area contributed by atoms with Gasteiger partial charge < -0.3 is 9.64 Å². The highest BCUT2D eigenvalue weighted by molar-refractivity contribution is 7.99. The Morgan fingerprint density at radius 2 is 2.23 bits per heavy atom. The Bertz CT molecular complexity index is 713. The van der Waals surface area contributed by atoms with Gasteiger partial charge in [0, 0.05) is 31.9 Å². The van der Waals surface area contributed by atoms with E-state index in [-0.39, 0.29) is 11.9 Å². The van der Waals surface area contributed by atoms with Crippen molar-refractivity contribution in [2.75, 3.05) is 50.9 Å². The Morgan fingerprint density at radius 1 is 1.35 bits per heavy atom. The molecule has 6 nitrogen and oxygen atoms in total. The van der Waals surface area contributed by atoms with Gasteiger partial charge in [-0.3, -0.25) is 14.8 Å². The molecule has 4 rings (SSSR count). The van der Waals surface area contributed by atoms with Crippen LogP contribution >= 0.6 is 23.1 Å². The summed E-state index contributed by atoms with van der Waals surface area (Å²) < 4.78 is 5.45. The van der Waals surface area contributed by atoms with E-state index in [2.05, 4.69) is 15.1 Å². The summed E-state index contributed by atoms with van der Waals surface area (Å²) >= 11 is 3.60. The fourth-order valence-corrected chi connectivity index (χ4v) is 5.22. The van der Waals surface area contributed by atoms with Crippen LogP contribution in [0, 0.1) is 0 Å². The van der Waals surface area contributed by atoms with Crippen LogP contribution in [0.2, 0.25) is 0 Å². The van der Waals surface area contributed by atoms with E-state index >= 15 is 0 Å². The van der Waals surface area contributed by atoms with Gasteiger partial charge in [0.05, 0.1) is 29.8 Å². The van der Waals surface area contributed by atoms with Crippen LogP contribution in [0.15, 0.2) is 23.6 Å².